The summed E-state index contributed by atoms with van der Waals surface area (Å²) in [4.78, 5) is 11.4. The largest absolute Gasteiger partial charge is 0.463 e. The number of carbonyl (C=O) groups excluding carboxylic acids is 1. The van der Waals surface area contributed by atoms with Crippen molar-refractivity contribution in [3.63, 3.8) is 0 Å². The topological polar surface area (TPSA) is 127 Å². The van der Waals surface area contributed by atoms with Crippen LogP contribution in [0.3, 0.4) is 0 Å². The number of rotatable bonds is 25. The zero-order chi connectivity index (χ0) is 26.4. The SMILES string of the molecule is CCCCCCCCCCCCCCCCCCCCCC(=O)OCC(O)CO.OCC(O)CO. The summed E-state index contributed by atoms with van der Waals surface area (Å²) in [6.45, 7) is 1.08. The molecule has 0 spiro atoms. The standard InChI is InChI=1S/C25H50O4.C3H8O3/c1-2-3-4-5-6-7-8-9-10-11-12-13-14-15-16-17-18-19-20-21-25(28)29-23-24(27)22-26;4-1-3(6)2-5/h24,26-27H,2-23H2,1H3;3-6H,1-2H2. The molecule has 0 fully saturated rings. The summed E-state index contributed by atoms with van der Waals surface area (Å²) in [5.74, 6) is -0.274. The molecule has 0 aromatic rings. The quantitative estimate of drug-likeness (QED) is 0.0867. The van der Waals surface area contributed by atoms with E-state index in [1.807, 2.05) is 0 Å². The van der Waals surface area contributed by atoms with E-state index in [0.717, 1.165) is 12.8 Å². The van der Waals surface area contributed by atoms with Gasteiger partial charge in [-0.1, -0.05) is 122 Å². The molecule has 0 saturated heterocycles. The molecule has 1 unspecified atom stereocenters. The van der Waals surface area contributed by atoms with E-state index >= 15 is 0 Å². The lowest BCUT2D eigenvalue weighted by atomic mass is 10.0. The molecular weight excluding hydrogens is 448 g/mol. The van der Waals surface area contributed by atoms with E-state index in [1.165, 1.54) is 109 Å². The van der Waals surface area contributed by atoms with Crippen LogP contribution in [0.15, 0.2) is 0 Å². The van der Waals surface area contributed by atoms with Gasteiger partial charge < -0.3 is 30.3 Å². The van der Waals surface area contributed by atoms with Gasteiger partial charge in [-0.3, -0.25) is 4.79 Å². The molecule has 7 heteroatoms. The second-order valence-electron chi connectivity index (χ2n) is 9.65. The van der Waals surface area contributed by atoms with Gasteiger partial charge in [0.15, 0.2) is 0 Å². The summed E-state index contributed by atoms with van der Waals surface area (Å²) in [6, 6.07) is 0. The van der Waals surface area contributed by atoms with Gasteiger partial charge in [-0.05, 0) is 6.42 Å². The Kier molecular flexibility index (Phi) is 32.6. The Morgan fingerprint density at radius 1 is 0.543 bits per heavy atom. The predicted molar refractivity (Wildman–Crippen MR) is 142 cm³/mol. The van der Waals surface area contributed by atoms with Crippen molar-refractivity contribution in [3.8, 4) is 0 Å². The Bertz CT molecular complexity index is 403. The predicted octanol–water partition coefficient (Wildman–Crippen LogP) is 5.04. The van der Waals surface area contributed by atoms with Crippen molar-refractivity contribution in [1.29, 1.82) is 0 Å². The minimum atomic E-state index is -0.955. The van der Waals surface area contributed by atoms with Gasteiger partial charge in [-0.25, -0.2) is 0 Å². The third kappa shape index (κ3) is 33.3. The molecule has 0 radical (unpaired) electrons. The van der Waals surface area contributed by atoms with Gasteiger partial charge in [0.1, 0.15) is 18.8 Å². The Labute approximate surface area is 215 Å². The molecule has 0 amide bonds. The maximum absolute atomic E-state index is 11.4. The minimum absolute atomic E-state index is 0.103. The highest BCUT2D eigenvalue weighted by molar-refractivity contribution is 5.69. The number of unbranched alkanes of at least 4 members (excludes halogenated alkanes) is 18. The minimum Gasteiger partial charge on any atom is -0.463 e. The van der Waals surface area contributed by atoms with E-state index in [-0.39, 0.29) is 32.4 Å². The van der Waals surface area contributed by atoms with Gasteiger partial charge in [0.25, 0.3) is 0 Å². The Morgan fingerprint density at radius 3 is 1.14 bits per heavy atom. The van der Waals surface area contributed by atoms with Crippen LogP contribution in [0.5, 0.6) is 0 Å². The van der Waals surface area contributed by atoms with Gasteiger partial charge in [0.2, 0.25) is 0 Å². The summed E-state index contributed by atoms with van der Waals surface area (Å²) >= 11 is 0. The summed E-state index contributed by atoms with van der Waals surface area (Å²) < 4.78 is 4.88. The molecule has 35 heavy (non-hydrogen) atoms. The molecule has 0 aromatic carbocycles. The van der Waals surface area contributed by atoms with E-state index in [9.17, 15) is 4.79 Å². The van der Waals surface area contributed by atoms with Crippen molar-refractivity contribution in [2.24, 2.45) is 0 Å². The molecule has 0 aromatic heterocycles. The Balaban J connectivity index is 0. The molecule has 0 bridgehead atoms. The third-order valence-corrected chi connectivity index (χ3v) is 6.05. The van der Waals surface area contributed by atoms with E-state index in [0.29, 0.717) is 6.42 Å². The summed E-state index contributed by atoms with van der Waals surface area (Å²) in [5.41, 5.74) is 0. The van der Waals surface area contributed by atoms with Gasteiger partial charge >= 0.3 is 5.97 Å². The van der Waals surface area contributed by atoms with Crippen LogP contribution in [-0.4, -0.2) is 70.1 Å². The lowest BCUT2D eigenvalue weighted by molar-refractivity contribution is -0.147. The number of aliphatic hydroxyl groups is 5. The molecule has 0 heterocycles. The Morgan fingerprint density at radius 2 is 0.857 bits per heavy atom. The van der Waals surface area contributed by atoms with Crippen molar-refractivity contribution >= 4 is 5.97 Å². The molecule has 7 nitrogen and oxygen atoms in total. The molecule has 212 valence electrons. The fourth-order valence-electron chi connectivity index (χ4n) is 3.72. The fourth-order valence-corrected chi connectivity index (χ4v) is 3.72. The molecule has 0 rings (SSSR count). The zero-order valence-corrected chi connectivity index (χ0v) is 22.7. The number of esters is 1. The number of carbonyl (C=O) groups is 1. The zero-order valence-electron chi connectivity index (χ0n) is 22.7. The van der Waals surface area contributed by atoms with Gasteiger partial charge in [-0.2, -0.15) is 0 Å². The van der Waals surface area contributed by atoms with Crippen molar-refractivity contribution in [2.75, 3.05) is 26.4 Å². The number of hydrogen-bond donors (Lipinski definition) is 5. The highest BCUT2D eigenvalue weighted by atomic mass is 16.5. The molecule has 0 aliphatic rings. The maximum Gasteiger partial charge on any atom is 0.305 e. The number of hydrogen-bond acceptors (Lipinski definition) is 7. The van der Waals surface area contributed by atoms with Gasteiger partial charge in [-0.15, -0.1) is 0 Å². The summed E-state index contributed by atoms with van der Waals surface area (Å²) in [6.07, 6.45) is 23.9. The van der Waals surface area contributed by atoms with Crippen LogP contribution >= 0.6 is 0 Å². The summed E-state index contributed by atoms with van der Waals surface area (Å²) in [5, 5.41) is 41.8. The monoisotopic (exact) mass is 506 g/mol. The van der Waals surface area contributed by atoms with Gasteiger partial charge in [0, 0.05) is 6.42 Å². The lowest BCUT2D eigenvalue weighted by Crippen LogP contribution is -2.21. The molecule has 0 aliphatic carbocycles. The lowest BCUT2D eigenvalue weighted by Gasteiger charge is -2.08. The van der Waals surface area contributed by atoms with Crippen molar-refractivity contribution in [3.05, 3.63) is 0 Å². The molecule has 1 atom stereocenters. The second-order valence-corrected chi connectivity index (χ2v) is 9.65. The fraction of sp³-hybridized carbons (Fsp3) is 0.964. The van der Waals surface area contributed by atoms with E-state index < -0.39 is 12.2 Å². The first kappa shape index (κ1) is 36.4. The van der Waals surface area contributed by atoms with Crippen LogP contribution in [-0.2, 0) is 9.53 Å². The molecule has 0 aliphatic heterocycles. The van der Waals surface area contributed by atoms with E-state index in [2.05, 4.69) is 6.92 Å². The van der Waals surface area contributed by atoms with Crippen LogP contribution in [0.25, 0.3) is 0 Å². The van der Waals surface area contributed by atoms with Gasteiger partial charge in [0.05, 0.1) is 19.8 Å². The first-order valence-corrected chi connectivity index (χ1v) is 14.4. The van der Waals surface area contributed by atoms with Crippen LogP contribution in [0.1, 0.15) is 135 Å². The number of aliphatic hydroxyl groups excluding tert-OH is 5. The molecule has 0 saturated carbocycles. The maximum atomic E-state index is 11.4. The van der Waals surface area contributed by atoms with Crippen molar-refractivity contribution in [2.45, 2.75) is 148 Å². The highest BCUT2D eigenvalue weighted by Crippen LogP contribution is 2.14. The highest BCUT2D eigenvalue weighted by Gasteiger charge is 2.07. The second kappa shape index (κ2) is 31.3. The van der Waals surface area contributed by atoms with E-state index in [4.69, 9.17) is 30.3 Å². The van der Waals surface area contributed by atoms with Crippen molar-refractivity contribution < 1.29 is 35.1 Å². The molecule has 5 N–H and O–H groups in total. The van der Waals surface area contributed by atoms with Crippen LogP contribution in [0, 0.1) is 0 Å². The summed E-state index contributed by atoms with van der Waals surface area (Å²) in [7, 11) is 0. The van der Waals surface area contributed by atoms with Crippen LogP contribution in [0.2, 0.25) is 0 Å². The average Bonchev–Trinajstić information content (AvgIpc) is 2.88. The van der Waals surface area contributed by atoms with E-state index in [1.54, 1.807) is 0 Å². The first-order chi connectivity index (χ1) is 17.0. The third-order valence-electron chi connectivity index (χ3n) is 6.05. The smallest absolute Gasteiger partial charge is 0.305 e. The van der Waals surface area contributed by atoms with Crippen molar-refractivity contribution in [1.82, 2.24) is 0 Å². The first-order valence-electron chi connectivity index (χ1n) is 14.4. The van der Waals surface area contributed by atoms with Crippen LogP contribution in [0.4, 0.5) is 0 Å². The molecular formula is C28H58O7. The number of ether oxygens (including phenoxy) is 1. The van der Waals surface area contributed by atoms with Crippen LogP contribution < -0.4 is 0 Å². The average molecular weight is 507 g/mol. The Hall–Kier alpha value is -0.730. The normalized spacial score (nSPS) is 11.9.